The minimum absolute atomic E-state index is 0.128. The van der Waals surface area contributed by atoms with Crippen molar-refractivity contribution in [2.24, 2.45) is 0 Å². The van der Waals surface area contributed by atoms with Crippen molar-refractivity contribution in [3.63, 3.8) is 0 Å². The topological polar surface area (TPSA) is 82.0 Å². The Hall–Kier alpha value is -3.25. The summed E-state index contributed by atoms with van der Waals surface area (Å²) < 4.78 is 23.9. The summed E-state index contributed by atoms with van der Waals surface area (Å²) in [6, 6.07) is 10.8. The highest BCUT2D eigenvalue weighted by molar-refractivity contribution is 5.59. The van der Waals surface area contributed by atoms with Crippen molar-refractivity contribution in [3.05, 3.63) is 59.9 Å². The number of benzene rings is 1. The predicted octanol–water partition coefficient (Wildman–Crippen LogP) is 3.34. The summed E-state index contributed by atoms with van der Waals surface area (Å²) in [7, 11) is 0. The second-order valence-electron chi connectivity index (χ2n) is 3.93. The minimum Gasteiger partial charge on any atom is -0.483 e. The number of ether oxygens (including phenoxy) is 1. The van der Waals surface area contributed by atoms with Crippen molar-refractivity contribution >= 4 is 5.69 Å². The van der Waals surface area contributed by atoms with Crippen molar-refractivity contribution in [1.82, 2.24) is 0 Å². The second-order valence-corrected chi connectivity index (χ2v) is 3.93. The van der Waals surface area contributed by atoms with Crippen LogP contribution < -0.4 is 10.1 Å². The zero-order chi connectivity index (χ0) is 15.1. The molecule has 21 heavy (non-hydrogen) atoms. The van der Waals surface area contributed by atoms with Crippen LogP contribution in [-0.2, 0) is 6.61 Å². The van der Waals surface area contributed by atoms with Gasteiger partial charge >= 0.3 is 0 Å². The summed E-state index contributed by atoms with van der Waals surface area (Å²) in [5, 5.41) is 20.0. The van der Waals surface area contributed by atoms with Gasteiger partial charge in [-0.2, -0.15) is 10.5 Å². The third kappa shape index (κ3) is 3.85. The number of nitriles is 2. The van der Waals surface area contributed by atoms with Crippen LogP contribution in [0.2, 0.25) is 0 Å². The standard InChI is InChI=1S/C15H10FN3O2/c16-12-3-4-15(21-10-13-2-1-5-20-13)14(6-12)19-9-11(7-17)8-18/h1-6,9,19H,10H2. The number of halogens is 1. The van der Waals surface area contributed by atoms with Crippen LogP contribution in [0.3, 0.4) is 0 Å². The number of rotatable bonds is 5. The van der Waals surface area contributed by atoms with E-state index in [2.05, 4.69) is 5.32 Å². The van der Waals surface area contributed by atoms with Crippen LogP contribution in [0.4, 0.5) is 10.1 Å². The Labute approximate surface area is 120 Å². The predicted molar refractivity (Wildman–Crippen MR) is 72.4 cm³/mol. The van der Waals surface area contributed by atoms with Crippen molar-refractivity contribution in [3.8, 4) is 17.9 Å². The van der Waals surface area contributed by atoms with Gasteiger partial charge in [-0.05, 0) is 24.3 Å². The molecule has 0 atom stereocenters. The van der Waals surface area contributed by atoms with Crippen molar-refractivity contribution in [2.45, 2.75) is 6.61 Å². The third-order valence-electron chi connectivity index (χ3n) is 2.50. The molecule has 0 unspecified atom stereocenters. The van der Waals surface area contributed by atoms with Crippen molar-refractivity contribution < 1.29 is 13.5 Å². The van der Waals surface area contributed by atoms with Gasteiger partial charge in [-0.15, -0.1) is 0 Å². The molecule has 0 aliphatic heterocycles. The number of allylic oxidation sites excluding steroid dienone is 1. The Morgan fingerprint density at radius 2 is 2.14 bits per heavy atom. The van der Waals surface area contributed by atoms with Gasteiger partial charge in [-0.25, -0.2) is 4.39 Å². The lowest BCUT2D eigenvalue weighted by molar-refractivity contribution is 0.271. The van der Waals surface area contributed by atoms with E-state index < -0.39 is 5.82 Å². The zero-order valence-electron chi connectivity index (χ0n) is 10.8. The van der Waals surface area contributed by atoms with Gasteiger partial charge in [0.05, 0.1) is 12.0 Å². The number of furan rings is 1. The highest BCUT2D eigenvalue weighted by atomic mass is 19.1. The van der Waals surface area contributed by atoms with E-state index in [0.29, 0.717) is 17.2 Å². The maximum atomic E-state index is 13.3. The van der Waals surface area contributed by atoms with Gasteiger partial charge in [0.1, 0.15) is 41.6 Å². The first-order valence-corrected chi connectivity index (χ1v) is 5.94. The highest BCUT2D eigenvalue weighted by Gasteiger charge is 2.06. The smallest absolute Gasteiger partial charge is 0.146 e. The van der Waals surface area contributed by atoms with Gasteiger partial charge in [0.2, 0.25) is 0 Å². The lowest BCUT2D eigenvalue weighted by atomic mass is 10.2. The number of nitrogens with zero attached hydrogens (tertiary/aromatic N) is 2. The molecule has 0 radical (unpaired) electrons. The monoisotopic (exact) mass is 283 g/mol. The second kappa shape index (κ2) is 6.78. The van der Waals surface area contributed by atoms with Crippen LogP contribution in [0.25, 0.3) is 0 Å². The number of hydrogen-bond donors (Lipinski definition) is 1. The molecule has 0 spiro atoms. The molecule has 0 saturated carbocycles. The maximum Gasteiger partial charge on any atom is 0.146 e. The van der Waals surface area contributed by atoms with Gasteiger partial charge in [0.15, 0.2) is 0 Å². The highest BCUT2D eigenvalue weighted by Crippen LogP contribution is 2.26. The number of nitrogens with one attached hydrogen (secondary N) is 1. The lowest BCUT2D eigenvalue weighted by Gasteiger charge is -2.10. The summed E-state index contributed by atoms with van der Waals surface area (Å²) in [6.07, 6.45) is 2.71. The Balaban J connectivity index is 2.16. The Morgan fingerprint density at radius 3 is 2.81 bits per heavy atom. The number of anilines is 1. The summed E-state index contributed by atoms with van der Waals surface area (Å²) in [5.41, 5.74) is 0.181. The van der Waals surface area contributed by atoms with Crippen LogP contribution in [0.5, 0.6) is 5.75 Å². The largest absolute Gasteiger partial charge is 0.483 e. The van der Waals surface area contributed by atoms with E-state index in [-0.39, 0.29) is 12.2 Å². The first kappa shape index (κ1) is 14.2. The first-order valence-electron chi connectivity index (χ1n) is 5.94. The molecule has 0 fully saturated rings. The molecule has 0 aliphatic carbocycles. The average molecular weight is 283 g/mol. The molecule has 6 heteroatoms. The fraction of sp³-hybridized carbons (Fsp3) is 0.0667. The molecule has 1 aromatic heterocycles. The summed E-state index contributed by atoms with van der Waals surface area (Å²) >= 11 is 0. The van der Waals surface area contributed by atoms with Gasteiger partial charge in [-0.1, -0.05) is 0 Å². The van der Waals surface area contributed by atoms with E-state index >= 15 is 0 Å². The summed E-state index contributed by atoms with van der Waals surface area (Å²) in [6.45, 7) is 0.181. The first-order chi connectivity index (χ1) is 10.2. The van der Waals surface area contributed by atoms with Gasteiger partial charge < -0.3 is 14.5 Å². The van der Waals surface area contributed by atoms with Crippen LogP contribution in [0.1, 0.15) is 5.76 Å². The molecule has 0 bridgehead atoms. The molecular formula is C15H10FN3O2. The maximum absolute atomic E-state index is 13.3. The minimum atomic E-state index is -0.466. The van der Waals surface area contributed by atoms with E-state index in [1.54, 1.807) is 24.3 Å². The summed E-state index contributed by atoms with van der Waals surface area (Å²) in [5.74, 6) is 0.529. The van der Waals surface area contributed by atoms with Crippen LogP contribution in [0, 0.1) is 28.5 Å². The fourth-order valence-corrected chi connectivity index (χ4v) is 1.52. The molecule has 0 aliphatic rings. The Morgan fingerprint density at radius 1 is 1.33 bits per heavy atom. The molecule has 104 valence electrons. The van der Waals surface area contributed by atoms with E-state index in [4.69, 9.17) is 19.7 Å². The lowest BCUT2D eigenvalue weighted by Crippen LogP contribution is -1.99. The van der Waals surface area contributed by atoms with E-state index in [0.717, 1.165) is 0 Å². The molecule has 0 amide bonds. The molecule has 0 saturated heterocycles. The normalized spacial score (nSPS) is 9.29. The van der Waals surface area contributed by atoms with Gasteiger partial charge in [0.25, 0.3) is 0 Å². The van der Waals surface area contributed by atoms with Crippen molar-refractivity contribution in [1.29, 1.82) is 10.5 Å². The third-order valence-corrected chi connectivity index (χ3v) is 2.50. The van der Waals surface area contributed by atoms with Crippen molar-refractivity contribution in [2.75, 3.05) is 5.32 Å². The van der Waals surface area contributed by atoms with E-state index in [1.165, 1.54) is 30.7 Å². The SMILES string of the molecule is N#CC(C#N)=CNc1cc(F)ccc1OCc1ccco1. The van der Waals surface area contributed by atoms with E-state index in [9.17, 15) is 4.39 Å². The Kier molecular flexibility index (Phi) is 4.58. The molecule has 1 aromatic carbocycles. The average Bonchev–Trinajstić information content (AvgIpc) is 3.01. The molecule has 2 rings (SSSR count). The quantitative estimate of drug-likeness (QED) is 0.851. The summed E-state index contributed by atoms with van der Waals surface area (Å²) in [4.78, 5) is 0. The van der Waals surface area contributed by atoms with Crippen LogP contribution in [-0.4, -0.2) is 0 Å². The van der Waals surface area contributed by atoms with Gasteiger partial charge in [0, 0.05) is 12.3 Å². The van der Waals surface area contributed by atoms with Gasteiger partial charge in [-0.3, -0.25) is 0 Å². The van der Waals surface area contributed by atoms with Crippen LogP contribution >= 0.6 is 0 Å². The number of hydrogen-bond acceptors (Lipinski definition) is 5. The van der Waals surface area contributed by atoms with Crippen LogP contribution in [0.15, 0.2) is 52.8 Å². The van der Waals surface area contributed by atoms with E-state index in [1.807, 2.05) is 0 Å². The zero-order valence-corrected chi connectivity index (χ0v) is 10.8. The molecule has 1 N–H and O–H groups in total. The Bertz CT molecular complexity index is 708. The molecule has 5 nitrogen and oxygen atoms in total. The fourth-order valence-electron chi connectivity index (χ4n) is 1.52. The molecule has 2 aromatic rings. The molecular weight excluding hydrogens is 273 g/mol. The molecule has 1 heterocycles.